The van der Waals surface area contributed by atoms with Crippen LogP contribution < -0.4 is 15.0 Å². The predicted octanol–water partition coefficient (Wildman–Crippen LogP) is 4.90. The molecule has 0 aromatic heterocycles. The van der Waals surface area contributed by atoms with E-state index in [0.29, 0.717) is 48.9 Å². The van der Waals surface area contributed by atoms with Crippen LogP contribution in [0.25, 0.3) is 0 Å². The molecule has 2 heterocycles. The van der Waals surface area contributed by atoms with E-state index in [1.165, 1.54) is 5.56 Å². The van der Waals surface area contributed by atoms with Crippen LogP contribution in [-0.2, 0) is 11.2 Å². The van der Waals surface area contributed by atoms with Gasteiger partial charge in [0.1, 0.15) is 11.9 Å². The van der Waals surface area contributed by atoms with E-state index in [9.17, 15) is 9.59 Å². The molecule has 3 amide bonds. The summed E-state index contributed by atoms with van der Waals surface area (Å²) in [7, 11) is 0. The second kappa shape index (κ2) is 10.5. The standard InChI is InChI=1S/C26H32ClN3O3/c1-18(8-9-20-6-4-3-5-7-20)28-25(31)21-12-14-29(15-13-21)26(32)30-17-19(2)33-24-11-10-22(27)16-23(24)30/h3-7,10-11,16,18-19,21H,8-9,12-15,17H2,1-2H3,(H,28,31). The van der Waals surface area contributed by atoms with Gasteiger partial charge in [-0.3, -0.25) is 9.69 Å². The van der Waals surface area contributed by atoms with Gasteiger partial charge >= 0.3 is 6.03 Å². The molecular formula is C26H32ClN3O3. The highest BCUT2D eigenvalue weighted by Crippen LogP contribution is 2.36. The minimum absolute atomic E-state index is 0.0521. The Balaban J connectivity index is 1.28. The van der Waals surface area contributed by atoms with E-state index in [1.807, 2.05) is 36.1 Å². The molecule has 1 fully saturated rings. The number of hydrogen-bond donors (Lipinski definition) is 1. The van der Waals surface area contributed by atoms with Gasteiger partial charge in [0, 0.05) is 30.1 Å². The van der Waals surface area contributed by atoms with Gasteiger partial charge in [0.05, 0.1) is 12.2 Å². The maximum atomic E-state index is 13.3. The Bertz CT molecular complexity index is 976. The van der Waals surface area contributed by atoms with Crippen molar-refractivity contribution in [2.75, 3.05) is 24.5 Å². The highest BCUT2D eigenvalue weighted by molar-refractivity contribution is 6.31. The van der Waals surface area contributed by atoms with Crippen molar-refractivity contribution >= 4 is 29.2 Å². The van der Waals surface area contributed by atoms with Gasteiger partial charge in [-0.25, -0.2) is 4.79 Å². The number of nitrogens with zero attached hydrogens (tertiary/aromatic N) is 2. The van der Waals surface area contributed by atoms with Crippen LogP contribution in [0.5, 0.6) is 5.75 Å². The van der Waals surface area contributed by atoms with Gasteiger partial charge in [0.25, 0.3) is 0 Å². The number of fused-ring (bicyclic) bond motifs is 1. The van der Waals surface area contributed by atoms with Crippen molar-refractivity contribution in [3.8, 4) is 5.75 Å². The number of carbonyl (C=O) groups excluding carboxylic acids is 2. The van der Waals surface area contributed by atoms with E-state index in [0.717, 1.165) is 12.8 Å². The van der Waals surface area contributed by atoms with Crippen LogP contribution in [-0.4, -0.2) is 48.6 Å². The average Bonchev–Trinajstić information content (AvgIpc) is 2.83. The molecule has 2 aliphatic rings. The highest BCUT2D eigenvalue weighted by atomic mass is 35.5. The van der Waals surface area contributed by atoms with Crippen molar-refractivity contribution in [1.82, 2.24) is 10.2 Å². The number of anilines is 1. The monoisotopic (exact) mass is 469 g/mol. The molecule has 7 heteroatoms. The number of benzene rings is 2. The molecule has 2 aromatic carbocycles. The molecule has 176 valence electrons. The summed E-state index contributed by atoms with van der Waals surface area (Å²) in [5.41, 5.74) is 1.99. The van der Waals surface area contributed by atoms with Crippen LogP contribution >= 0.6 is 11.6 Å². The first-order valence-corrected chi connectivity index (χ1v) is 12.2. The van der Waals surface area contributed by atoms with Crippen molar-refractivity contribution < 1.29 is 14.3 Å². The molecule has 1 N–H and O–H groups in total. The molecule has 2 aliphatic heterocycles. The number of piperidine rings is 1. The van der Waals surface area contributed by atoms with Crippen molar-refractivity contribution in [2.45, 2.75) is 51.7 Å². The summed E-state index contributed by atoms with van der Waals surface area (Å²) in [6, 6.07) is 15.7. The number of amides is 3. The van der Waals surface area contributed by atoms with Crippen LogP contribution in [0.2, 0.25) is 5.02 Å². The van der Waals surface area contributed by atoms with Gasteiger partial charge in [-0.15, -0.1) is 0 Å². The fourth-order valence-electron chi connectivity index (χ4n) is 4.56. The SMILES string of the molecule is CC(CCc1ccccc1)NC(=O)C1CCN(C(=O)N2CC(C)Oc3ccc(Cl)cc32)CC1. The summed E-state index contributed by atoms with van der Waals surface area (Å²) >= 11 is 6.17. The number of rotatable bonds is 5. The molecule has 0 aliphatic carbocycles. The zero-order valence-corrected chi connectivity index (χ0v) is 20.1. The summed E-state index contributed by atoms with van der Waals surface area (Å²) in [5, 5.41) is 3.74. The number of nitrogens with one attached hydrogen (secondary N) is 1. The predicted molar refractivity (Wildman–Crippen MR) is 131 cm³/mol. The fourth-order valence-corrected chi connectivity index (χ4v) is 4.72. The van der Waals surface area contributed by atoms with Gasteiger partial charge in [0.2, 0.25) is 5.91 Å². The van der Waals surface area contributed by atoms with Crippen molar-refractivity contribution in [3.05, 3.63) is 59.1 Å². The first-order chi connectivity index (χ1) is 15.9. The number of likely N-dealkylation sites (tertiary alicyclic amines) is 1. The summed E-state index contributed by atoms with van der Waals surface area (Å²) < 4.78 is 5.86. The Morgan fingerprint density at radius 1 is 1.15 bits per heavy atom. The number of aryl methyl sites for hydroxylation is 1. The van der Waals surface area contributed by atoms with E-state index in [4.69, 9.17) is 16.3 Å². The summed E-state index contributed by atoms with van der Waals surface area (Å²) in [6.07, 6.45) is 3.10. The van der Waals surface area contributed by atoms with Crippen LogP contribution in [0.3, 0.4) is 0 Å². The average molecular weight is 470 g/mol. The Hall–Kier alpha value is -2.73. The Morgan fingerprint density at radius 2 is 1.88 bits per heavy atom. The molecule has 2 aromatic rings. The Kier molecular flexibility index (Phi) is 7.43. The van der Waals surface area contributed by atoms with Crippen LogP contribution in [0.1, 0.15) is 38.7 Å². The summed E-state index contributed by atoms with van der Waals surface area (Å²) in [5.74, 6) is 0.712. The van der Waals surface area contributed by atoms with Crippen LogP contribution in [0.4, 0.5) is 10.5 Å². The lowest BCUT2D eigenvalue weighted by Gasteiger charge is -2.39. The van der Waals surface area contributed by atoms with Gasteiger partial charge < -0.3 is 15.0 Å². The molecule has 1 saturated heterocycles. The highest BCUT2D eigenvalue weighted by Gasteiger charge is 2.34. The second-order valence-corrected chi connectivity index (χ2v) is 9.57. The third kappa shape index (κ3) is 5.80. The zero-order chi connectivity index (χ0) is 23.4. The third-order valence-electron chi connectivity index (χ3n) is 6.44. The number of hydrogen-bond acceptors (Lipinski definition) is 3. The lowest BCUT2D eigenvalue weighted by atomic mass is 9.95. The quantitative estimate of drug-likeness (QED) is 0.677. The molecule has 0 radical (unpaired) electrons. The number of carbonyl (C=O) groups is 2. The van der Waals surface area contributed by atoms with E-state index in [2.05, 4.69) is 24.4 Å². The minimum Gasteiger partial charge on any atom is -0.487 e. The smallest absolute Gasteiger partial charge is 0.324 e. The van der Waals surface area contributed by atoms with E-state index >= 15 is 0 Å². The number of halogens is 1. The summed E-state index contributed by atoms with van der Waals surface area (Å²) in [4.78, 5) is 29.7. The first-order valence-electron chi connectivity index (χ1n) is 11.8. The maximum Gasteiger partial charge on any atom is 0.324 e. The molecule has 0 saturated carbocycles. The van der Waals surface area contributed by atoms with Crippen molar-refractivity contribution in [2.24, 2.45) is 5.92 Å². The molecule has 2 atom stereocenters. The fraction of sp³-hybridized carbons (Fsp3) is 0.462. The van der Waals surface area contributed by atoms with Gasteiger partial charge in [-0.2, -0.15) is 0 Å². The zero-order valence-electron chi connectivity index (χ0n) is 19.3. The minimum atomic E-state index is -0.0942. The molecule has 0 bridgehead atoms. The largest absolute Gasteiger partial charge is 0.487 e. The molecule has 4 rings (SSSR count). The van der Waals surface area contributed by atoms with Crippen molar-refractivity contribution in [3.63, 3.8) is 0 Å². The lowest BCUT2D eigenvalue weighted by Crippen LogP contribution is -2.52. The van der Waals surface area contributed by atoms with E-state index < -0.39 is 0 Å². The number of ether oxygens (including phenoxy) is 1. The van der Waals surface area contributed by atoms with Gasteiger partial charge in [-0.1, -0.05) is 41.9 Å². The molecule has 33 heavy (non-hydrogen) atoms. The molecule has 2 unspecified atom stereocenters. The third-order valence-corrected chi connectivity index (χ3v) is 6.68. The van der Waals surface area contributed by atoms with Crippen molar-refractivity contribution in [1.29, 1.82) is 0 Å². The van der Waals surface area contributed by atoms with E-state index in [-0.39, 0.29) is 30.0 Å². The number of urea groups is 1. The van der Waals surface area contributed by atoms with E-state index in [1.54, 1.807) is 17.0 Å². The molecular weight excluding hydrogens is 438 g/mol. The maximum absolute atomic E-state index is 13.3. The molecule has 6 nitrogen and oxygen atoms in total. The van der Waals surface area contributed by atoms with Crippen LogP contribution in [0, 0.1) is 5.92 Å². The topological polar surface area (TPSA) is 61.9 Å². The Labute approximate surface area is 200 Å². The normalized spacial score (nSPS) is 19.4. The van der Waals surface area contributed by atoms with Gasteiger partial charge in [-0.05, 0) is 63.3 Å². The summed E-state index contributed by atoms with van der Waals surface area (Å²) in [6.45, 7) is 5.62. The lowest BCUT2D eigenvalue weighted by molar-refractivity contribution is -0.126. The van der Waals surface area contributed by atoms with Gasteiger partial charge in [0.15, 0.2) is 0 Å². The second-order valence-electron chi connectivity index (χ2n) is 9.13. The van der Waals surface area contributed by atoms with Crippen LogP contribution in [0.15, 0.2) is 48.5 Å². The first kappa shape index (κ1) is 23.4. The molecule has 0 spiro atoms. The Morgan fingerprint density at radius 3 is 2.61 bits per heavy atom.